The lowest BCUT2D eigenvalue weighted by atomic mass is 9.98. The van der Waals surface area contributed by atoms with Crippen molar-refractivity contribution in [3.05, 3.63) is 54.1 Å². The van der Waals surface area contributed by atoms with E-state index in [0.29, 0.717) is 25.1 Å². The van der Waals surface area contributed by atoms with Crippen LogP contribution in [-0.2, 0) is 26.1 Å². The Hall–Kier alpha value is -2.66. The molecule has 0 saturated carbocycles. The van der Waals surface area contributed by atoms with Gasteiger partial charge in [0.2, 0.25) is 15.9 Å². The molecule has 1 fully saturated rings. The van der Waals surface area contributed by atoms with Gasteiger partial charge in [0.25, 0.3) is 0 Å². The number of aliphatic hydroxyl groups is 1. The Morgan fingerprint density at radius 3 is 2.64 bits per heavy atom. The van der Waals surface area contributed by atoms with Crippen molar-refractivity contribution in [2.24, 2.45) is 0 Å². The lowest BCUT2D eigenvalue weighted by Crippen LogP contribution is -2.51. The summed E-state index contributed by atoms with van der Waals surface area (Å²) in [7, 11) is -0.903. The van der Waals surface area contributed by atoms with Crippen LogP contribution >= 0.6 is 0 Å². The first-order chi connectivity index (χ1) is 15.9. The molecule has 0 spiro atoms. The molecule has 180 valence electrons. The monoisotopic (exact) mass is 478 g/mol. The number of benzene rings is 2. The molecule has 1 heterocycles. The van der Waals surface area contributed by atoms with Crippen LogP contribution in [0.1, 0.15) is 24.8 Å². The second-order valence-electron chi connectivity index (χ2n) is 7.77. The van der Waals surface area contributed by atoms with E-state index in [9.17, 15) is 18.3 Å². The third-order valence-corrected chi connectivity index (χ3v) is 7.03. The van der Waals surface area contributed by atoms with Gasteiger partial charge >= 0.3 is 0 Å². The molecular weight excluding hydrogens is 448 g/mol. The highest BCUT2D eigenvalue weighted by atomic mass is 32.2. The van der Waals surface area contributed by atoms with E-state index in [1.807, 2.05) is 24.3 Å². The van der Waals surface area contributed by atoms with Crippen molar-refractivity contribution < 1.29 is 32.5 Å². The lowest BCUT2D eigenvalue weighted by molar-refractivity contribution is -0.130. The number of nitrogens with one attached hydrogen (secondary N) is 2. The zero-order valence-electron chi connectivity index (χ0n) is 18.7. The summed E-state index contributed by atoms with van der Waals surface area (Å²) in [6.07, 6.45) is -0.166. The number of ether oxygens (including phenoxy) is 3. The number of hydrogen-bond donors (Lipinski definition) is 3. The summed E-state index contributed by atoms with van der Waals surface area (Å²) < 4.78 is 44.5. The molecule has 0 aromatic heterocycles. The molecule has 9 nitrogen and oxygen atoms in total. The average molecular weight is 479 g/mol. The van der Waals surface area contributed by atoms with Crippen LogP contribution in [0.5, 0.6) is 11.5 Å². The predicted octanol–water partition coefficient (Wildman–Crippen LogP) is 1.60. The van der Waals surface area contributed by atoms with E-state index in [-0.39, 0.29) is 29.6 Å². The van der Waals surface area contributed by atoms with Crippen molar-refractivity contribution in [2.75, 3.05) is 20.8 Å². The van der Waals surface area contributed by atoms with E-state index >= 15 is 0 Å². The fourth-order valence-electron chi connectivity index (χ4n) is 3.78. The van der Waals surface area contributed by atoms with Crippen LogP contribution in [-0.4, -0.2) is 58.5 Å². The topological polar surface area (TPSA) is 123 Å². The first kappa shape index (κ1) is 25.0. The molecule has 0 aliphatic carbocycles. The highest BCUT2D eigenvalue weighted by Gasteiger charge is 2.35. The third-order valence-electron chi connectivity index (χ3n) is 5.50. The quantitative estimate of drug-likeness (QED) is 0.474. The highest BCUT2D eigenvalue weighted by molar-refractivity contribution is 7.89. The zero-order valence-corrected chi connectivity index (χ0v) is 19.5. The van der Waals surface area contributed by atoms with Crippen molar-refractivity contribution >= 4 is 15.9 Å². The van der Waals surface area contributed by atoms with Crippen LogP contribution in [0.25, 0.3) is 0 Å². The standard InChI is InChI=1S/C23H30N2O7S/c1-30-17-7-5-6-16(12-17)14-24-23(27)13-18-10-11-19(21(15-26)32-18)25-33(28,29)22-9-4-3-8-20(22)31-2/h3-9,12,18-19,21,25-26H,10-11,13-15H2,1-2H3,(H,24,27)/t18-,19+,21-/m0/s1. The predicted molar refractivity (Wildman–Crippen MR) is 122 cm³/mol. The normalized spacial score (nSPS) is 20.8. The van der Waals surface area contributed by atoms with Crippen molar-refractivity contribution in [3.63, 3.8) is 0 Å². The minimum Gasteiger partial charge on any atom is -0.497 e. The average Bonchev–Trinajstić information content (AvgIpc) is 2.83. The van der Waals surface area contributed by atoms with Crippen LogP contribution in [0.2, 0.25) is 0 Å². The summed E-state index contributed by atoms with van der Waals surface area (Å²) in [6, 6.07) is 13.1. The van der Waals surface area contributed by atoms with Gasteiger partial charge in [-0.2, -0.15) is 0 Å². The van der Waals surface area contributed by atoms with E-state index in [1.165, 1.54) is 13.2 Å². The lowest BCUT2D eigenvalue weighted by Gasteiger charge is -2.35. The fraction of sp³-hybridized carbons (Fsp3) is 0.435. The Balaban J connectivity index is 1.55. The SMILES string of the molecule is COc1cccc(CNC(=O)C[C@@H]2CC[C@@H](NS(=O)(=O)c3ccccc3OC)[C@H](CO)O2)c1. The van der Waals surface area contributed by atoms with Gasteiger partial charge in [0, 0.05) is 6.54 Å². The zero-order chi connectivity index (χ0) is 23.8. The molecule has 0 unspecified atom stereocenters. The third kappa shape index (κ3) is 6.67. The van der Waals surface area contributed by atoms with Crippen LogP contribution in [0.3, 0.4) is 0 Å². The van der Waals surface area contributed by atoms with E-state index in [1.54, 1.807) is 25.3 Å². The van der Waals surface area contributed by atoms with Gasteiger partial charge in [0.15, 0.2) is 0 Å². The maximum atomic E-state index is 12.9. The summed E-state index contributed by atoms with van der Waals surface area (Å²) in [5, 5.41) is 12.6. The first-order valence-electron chi connectivity index (χ1n) is 10.7. The molecule has 0 bridgehead atoms. The molecule has 2 aromatic rings. The number of aliphatic hydroxyl groups excluding tert-OH is 1. The van der Waals surface area contributed by atoms with E-state index < -0.39 is 28.3 Å². The summed E-state index contributed by atoms with van der Waals surface area (Å²) in [5.41, 5.74) is 0.909. The van der Waals surface area contributed by atoms with Crippen LogP contribution in [0, 0.1) is 0 Å². The Morgan fingerprint density at radius 1 is 1.12 bits per heavy atom. The van der Waals surface area contributed by atoms with Crippen molar-refractivity contribution in [3.8, 4) is 11.5 Å². The van der Waals surface area contributed by atoms with Crippen molar-refractivity contribution in [1.82, 2.24) is 10.0 Å². The molecule has 10 heteroatoms. The van der Waals surface area contributed by atoms with Gasteiger partial charge in [-0.15, -0.1) is 0 Å². The van der Waals surface area contributed by atoms with E-state index in [2.05, 4.69) is 10.0 Å². The molecule has 1 amide bonds. The second kappa shape index (κ2) is 11.5. The molecule has 1 saturated heterocycles. The molecule has 2 aromatic carbocycles. The minimum absolute atomic E-state index is 0.0169. The summed E-state index contributed by atoms with van der Waals surface area (Å²) >= 11 is 0. The second-order valence-corrected chi connectivity index (χ2v) is 9.45. The molecule has 33 heavy (non-hydrogen) atoms. The smallest absolute Gasteiger partial charge is 0.244 e. The molecule has 0 radical (unpaired) electrons. The Bertz CT molecular complexity index is 1040. The largest absolute Gasteiger partial charge is 0.497 e. The number of carbonyl (C=O) groups excluding carboxylic acids is 1. The molecule has 1 aliphatic rings. The van der Waals surface area contributed by atoms with Crippen LogP contribution in [0.4, 0.5) is 0 Å². The molecule has 3 atom stereocenters. The van der Waals surface area contributed by atoms with Gasteiger partial charge in [0.1, 0.15) is 16.4 Å². The van der Waals surface area contributed by atoms with Gasteiger partial charge in [0.05, 0.1) is 45.5 Å². The van der Waals surface area contributed by atoms with Crippen molar-refractivity contribution in [1.29, 1.82) is 0 Å². The number of rotatable bonds is 10. The van der Waals surface area contributed by atoms with Gasteiger partial charge in [-0.1, -0.05) is 24.3 Å². The maximum absolute atomic E-state index is 12.9. The highest BCUT2D eigenvalue weighted by Crippen LogP contribution is 2.27. The molecule has 3 N–H and O–H groups in total. The number of methoxy groups -OCH3 is 2. The summed E-state index contributed by atoms with van der Waals surface area (Å²) in [5.74, 6) is 0.755. The summed E-state index contributed by atoms with van der Waals surface area (Å²) in [4.78, 5) is 12.4. The van der Waals surface area contributed by atoms with E-state index in [4.69, 9.17) is 14.2 Å². The van der Waals surface area contributed by atoms with Gasteiger partial charge in [-0.05, 0) is 42.7 Å². The number of para-hydroxylation sites is 1. The minimum atomic E-state index is -3.89. The maximum Gasteiger partial charge on any atom is 0.244 e. The van der Waals surface area contributed by atoms with Crippen LogP contribution < -0.4 is 19.5 Å². The Kier molecular flexibility index (Phi) is 8.67. The van der Waals surface area contributed by atoms with E-state index in [0.717, 1.165) is 5.56 Å². The Labute approximate surface area is 194 Å². The first-order valence-corrected chi connectivity index (χ1v) is 12.2. The molecule has 1 aliphatic heterocycles. The van der Waals surface area contributed by atoms with Crippen molar-refractivity contribution in [2.45, 2.75) is 49.0 Å². The molecular formula is C23H30N2O7S. The van der Waals surface area contributed by atoms with Crippen LogP contribution in [0.15, 0.2) is 53.4 Å². The van der Waals surface area contributed by atoms with Gasteiger partial charge in [-0.3, -0.25) is 4.79 Å². The fourth-order valence-corrected chi connectivity index (χ4v) is 5.25. The Morgan fingerprint density at radius 2 is 1.91 bits per heavy atom. The van der Waals surface area contributed by atoms with Gasteiger partial charge < -0.3 is 24.6 Å². The summed E-state index contributed by atoms with van der Waals surface area (Å²) in [6.45, 7) is -0.0193. The number of hydrogen-bond acceptors (Lipinski definition) is 7. The number of amides is 1. The number of carbonyl (C=O) groups is 1. The van der Waals surface area contributed by atoms with Gasteiger partial charge in [-0.25, -0.2) is 13.1 Å². The number of sulfonamides is 1. The molecule has 3 rings (SSSR count).